The van der Waals surface area contributed by atoms with Gasteiger partial charge in [0, 0.05) is 32.1 Å². The van der Waals surface area contributed by atoms with Crippen molar-refractivity contribution in [3.63, 3.8) is 0 Å². The molecule has 11 heteroatoms. The van der Waals surface area contributed by atoms with Crippen LogP contribution in [0.15, 0.2) is 73.4 Å². The summed E-state index contributed by atoms with van der Waals surface area (Å²) in [6, 6.07) is 15.0. The number of non-ortho nitro benzene ring substituents is 1. The highest BCUT2D eigenvalue weighted by Crippen LogP contribution is 2.35. The Morgan fingerprint density at radius 2 is 1.79 bits per heavy atom. The van der Waals surface area contributed by atoms with Gasteiger partial charge in [-0.25, -0.2) is 4.98 Å². The van der Waals surface area contributed by atoms with E-state index in [1.54, 1.807) is 36.4 Å². The summed E-state index contributed by atoms with van der Waals surface area (Å²) >= 11 is 6.91. The number of benzene rings is 3. The number of halogens is 2. The Kier molecular flexibility index (Phi) is 7.98. The molecule has 4 aromatic rings. The van der Waals surface area contributed by atoms with Gasteiger partial charge < -0.3 is 9.47 Å². The Hall–Kier alpha value is -3.57. The van der Waals surface area contributed by atoms with E-state index in [1.165, 1.54) is 30.1 Å². The first-order chi connectivity index (χ1) is 18.0. The molecule has 0 aliphatic carbocycles. The first kappa shape index (κ1) is 27.5. The number of hydrogen-bond donors (Lipinski definition) is 0. The van der Waals surface area contributed by atoms with Crippen LogP contribution in [-0.4, -0.2) is 27.9 Å². The molecule has 0 amide bonds. The van der Waals surface area contributed by atoms with Gasteiger partial charge >= 0.3 is 0 Å². The number of nitro groups is 1. The molecule has 0 saturated heterocycles. The third kappa shape index (κ3) is 5.94. The van der Waals surface area contributed by atoms with Crippen molar-refractivity contribution in [2.75, 3.05) is 7.11 Å². The van der Waals surface area contributed by atoms with Gasteiger partial charge in [-0.3, -0.25) is 14.9 Å². The number of hydrogen-bond acceptors (Lipinski definition) is 7. The lowest BCUT2D eigenvalue weighted by Gasteiger charge is -2.21. The Labute approximate surface area is 235 Å². The van der Waals surface area contributed by atoms with Crippen molar-refractivity contribution in [3.8, 4) is 11.5 Å². The van der Waals surface area contributed by atoms with E-state index in [1.807, 2.05) is 26.8 Å². The fourth-order valence-electron chi connectivity index (χ4n) is 3.72. The van der Waals surface area contributed by atoms with Crippen molar-refractivity contribution in [2.45, 2.75) is 32.8 Å². The van der Waals surface area contributed by atoms with Crippen LogP contribution in [0.3, 0.4) is 0 Å². The fraction of sp³-hybridized carbons (Fsp3) is 0.222. The molecule has 196 valence electrons. The lowest BCUT2D eigenvalue weighted by Crippen LogP contribution is -2.29. The van der Waals surface area contributed by atoms with Crippen molar-refractivity contribution < 1.29 is 14.4 Å². The minimum absolute atomic E-state index is 0.00101. The topological polar surface area (TPSA) is 109 Å². The van der Waals surface area contributed by atoms with Gasteiger partial charge in [-0.15, -0.1) is 0 Å². The number of fused-ring (bicyclic) bond motifs is 1. The van der Waals surface area contributed by atoms with Crippen LogP contribution in [-0.2, 0) is 12.0 Å². The van der Waals surface area contributed by atoms with E-state index in [2.05, 4.69) is 37.0 Å². The Balaban J connectivity index is 1.78. The predicted molar refractivity (Wildman–Crippen MR) is 154 cm³/mol. The van der Waals surface area contributed by atoms with Gasteiger partial charge in [-0.1, -0.05) is 52.6 Å². The number of nitro benzene ring substituents is 1. The van der Waals surface area contributed by atoms with Gasteiger partial charge in [0.25, 0.3) is 11.2 Å². The van der Waals surface area contributed by atoms with Crippen molar-refractivity contribution in [3.05, 3.63) is 101 Å². The van der Waals surface area contributed by atoms with Gasteiger partial charge in [0.15, 0.2) is 11.5 Å². The fourth-order valence-corrected chi connectivity index (χ4v) is 4.54. The number of aromatic nitrogens is 2. The molecule has 0 saturated carbocycles. The summed E-state index contributed by atoms with van der Waals surface area (Å²) in [5.41, 5.74) is 1.11. The molecular formula is C27H24Br2N4O5. The summed E-state index contributed by atoms with van der Waals surface area (Å²) in [5, 5.41) is 15.9. The maximum absolute atomic E-state index is 13.5. The third-order valence-corrected chi connectivity index (χ3v) is 6.54. The minimum Gasteiger partial charge on any atom is -0.493 e. The highest BCUT2D eigenvalue weighted by molar-refractivity contribution is 9.10. The van der Waals surface area contributed by atoms with Crippen LogP contribution >= 0.6 is 31.9 Å². The van der Waals surface area contributed by atoms with E-state index in [0.29, 0.717) is 33.8 Å². The van der Waals surface area contributed by atoms with E-state index in [0.717, 1.165) is 14.5 Å². The van der Waals surface area contributed by atoms with Gasteiger partial charge in [0.2, 0.25) is 0 Å². The number of methoxy groups -OCH3 is 1. The first-order valence-electron chi connectivity index (χ1n) is 11.5. The molecule has 4 rings (SSSR count). The molecule has 0 bridgehead atoms. The van der Waals surface area contributed by atoms with Gasteiger partial charge in [-0.2, -0.15) is 9.78 Å². The average Bonchev–Trinajstić information content (AvgIpc) is 2.87. The summed E-state index contributed by atoms with van der Waals surface area (Å²) in [4.78, 5) is 28.7. The Morgan fingerprint density at radius 3 is 2.42 bits per heavy atom. The SMILES string of the molecule is COc1cc(Br)cc(C=Nn2c(C(C)(C)C)nc3ccc(Br)cc3c2=O)c1OCc1ccc([N+](=O)[O-])cc1. The molecule has 38 heavy (non-hydrogen) atoms. The van der Waals surface area contributed by atoms with Crippen LogP contribution < -0.4 is 15.0 Å². The van der Waals surface area contributed by atoms with Crippen molar-refractivity contribution >= 4 is 54.7 Å². The molecule has 0 unspecified atom stereocenters. The standard InChI is InChI=1S/C27H24Br2N4O5/c1-27(2,3)26-31-22-10-7-18(28)12-21(22)25(34)32(26)30-14-17-11-19(29)13-23(37-4)24(17)38-15-16-5-8-20(9-6-16)33(35)36/h5-14H,15H2,1-4H3. The molecule has 1 aromatic heterocycles. The van der Waals surface area contributed by atoms with E-state index in [9.17, 15) is 14.9 Å². The van der Waals surface area contributed by atoms with E-state index >= 15 is 0 Å². The minimum atomic E-state index is -0.470. The number of ether oxygens (including phenoxy) is 2. The molecule has 9 nitrogen and oxygen atoms in total. The van der Waals surface area contributed by atoms with E-state index in [-0.39, 0.29) is 17.9 Å². The largest absolute Gasteiger partial charge is 0.493 e. The predicted octanol–water partition coefficient (Wildman–Crippen LogP) is 6.60. The molecule has 0 N–H and O–H groups in total. The highest BCUT2D eigenvalue weighted by Gasteiger charge is 2.23. The zero-order valence-electron chi connectivity index (χ0n) is 21.1. The van der Waals surface area contributed by atoms with E-state index < -0.39 is 10.3 Å². The monoisotopic (exact) mass is 642 g/mol. The van der Waals surface area contributed by atoms with Gasteiger partial charge in [0.05, 0.1) is 29.2 Å². The molecule has 0 atom stereocenters. The molecular weight excluding hydrogens is 620 g/mol. The lowest BCUT2D eigenvalue weighted by molar-refractivity contribution is -0.384. The second kappa shape index (κ2) is 11.0. The second-order valence-electron chi connectivity index (χ2n) is 9.45. The molecule has 0 aliphatic heterocycles. The summed E-state index contributed by atoms with van der Waals surface area (Å²) < 4.78 is 14.4. The maximum Gasteiger partial charge on any atom is 0.282 e. The van der Waals surface area contributed by atoms with Crippen molar-refractivity contribution in [1.82, 2.24) is 9.66 Å². The van der Waals surface area contributed by atoms with Crippen LogP contribution in [0.1, 0.15) is 37.7 Å². The van der Waals surface area contributed by atoms with Crippen LogP contribution in [0.5, 0.6) is 11.5 Å². The highest BCUT2D eigenvalue weighted by atomic mass is 79.9. The third-order valence-electron chi connectivity index (χ3n) is 5.59. The zero-order chi connectivity index (χ0) is 27.6. The van der Waals surface area contributed by atoms with Crippen LogP contribution in [0.4, 0.5) is 5.69 Å². The Morgan fingerprint density at radius 1 is 1.08 bits per heavy atom. The first-order valence-corrected chi connectivity index (χ1v) is 13.1. The number of rotatable bonds is 7. The quantitative estimate of drug-likeness (QED) is 0.128. The molecule has 1 heterocycles. The summed E-state index contributed by atoms with van der Waals surface area (Å²) in [6.45, 7) is 6.03. The zero-order valence-corrected chi connectivity index (χ0v) is 24.2. The Bertz CT molecular complexity index is 1610. The van der Waals surface area contributed by atoms with Crippen LogP contribution in [0, 0.1) is 10.1 Å². The maximum atomic E-state index is 13.5. The van der Waals surface area contributed by atoms with E-state index in [4.69, 9.17) is 14.5 Å². The molecule has 0 spiro atoms. The lowest BCUT2D eigenvalue weighted by atomic mass is 9.95. The molecule has 0 radical (unpaired) electrons. The van der Waals surface area contributed by atoms with Crippen molar-refractivity contribution in [1.29, 1.82) is 0 Å². The smallest absolute Gasteiger partial charge is 0.282 e. The summed E-state index contributed by atoms with van der Waals surface area (Å²) in [7, 11) is 1.52. The molecule has 0 aliphatic rings. The summed E-state index contributed by atoms with van der Waals surface area (Å²) in [6.07, 6.45) is 1.53. The number of nitrogens with zero attached hydrogens (tertiary/aromatic N) is 4. The van der Waals surface area contributed by atoms with Gasteiger partial charge in [0.1, 0.15) is 12.4 Å². The average molecular weight is 644 g/mol. The second-order valence-corrected chi connectivity index (χ2v) is 11.3. The normalized spacial score (nSPS) is 11.7. The molecule has 0 fully saturated rings. The van der Waals surface area contributed by atoms with Crippen molar-refractivity contribution in [2.24, 2.45) is 5.10 Å². The van der Waals surface area contributed by atoms with Crippen LogP contribution in [0.25, 0.3) is 10.9 Å². The summed E-state index contributed by atoms with van der Waals surface area (Å²) in [5.74, 6) is 1.36. The van der Waals surface area contributed by atoms with Gasteiger partial charge in [-0.05, 0) is 48.0 Å². The van der Waals surface area contributed by atoms with Crippen LogP contribution in [0.2, 0.25) is 0 Å². The molecule has 3 aromatic carbocycles.